The van der Waals surface area contributed by atoms with E-state index in [1.54, 1.807) is 24.3 Å². The van der Waals surface area contributed by atoms with Crippen molar-refractivity contribution in [3.05, 3.63) is 30.3 Å². The SMILES string of the molecule is O=C(COc1ccccc1)NCC(=O)N1CCC[C@H]1C(=O)O. The Morgan fingerprint density at radius 1 is 1.27 bits per heavy atom. The molecule has 0 aromatic heterocycles. The van der Waals surface area contributed by atoms with Crippen molar-refractivity contribution in [3.63, 3.8) is 0 Å². The van der Waals surface area contributed by atoms with E-state index in [2.05, 4.69) is 5.32 Å². The molecule has 22 heavy (non-hydrogen) atoms. The van der Waals surface area contributed by atoms with Gasteiger partial charge >= 0.3 is 5.97 Å². The fourth-order valence-electron chi connectivity index (χ4n) is 2.31. The zero-order valence-electron chi connectivity index (χ0n) is 12.0. The average molecular weight is 306 g/mol. The molecule has 1 heterocycles. The highest BCUT2D eigenvalue weighted by Crippen LogP contribution is 2.17. The number of carbonyl (C=O) groups excluding carboxylic acids is 2. The molecule has 0 aliphatic carbocycles. The van der Waals surface area contributed by atoms with Crippen LogP contribution in [-0.2, 0) is 14.4 Å². The molecule has 7 nitrogen and oxygen atoms in total. The van der Waals surface area contributed by atoms with Crippen molar-refractivity contribution in [2.24, 2.45) is 0 Å². The number of hydrogen-bond donors (Lipinski definition) is 2. The third kappa shape index (κ3) is 4.21. The largest absolute Gasteiger partial charge is 0.484 e. The van der Waals surface area contributed by atoms with Crippen LogP contribution in [-0.4, -0.2) is 53.5 Å². The van der Waals surface area contributed by atoms with Gasteiger partial charge in [0.1, 0.15) is 11.8 Å². The highest BCUT2D eigenvalue weighted by molar-refractivity contribution is 5.88. The summed E-state index contributed by atoms with van der Waals surface area (Å²) in [5.41, 5.74) is 0. The molecule has 1 aliphatic rings. The summed E-state index contributed by atoms with van der Waals surface area (Å²) in [4.78, 5) is 35.9. The van der Waals surface area contributed by atoms with Crippen LogP contribution >= 0.6 is 0 Å². The first-order valence-electron chi connectivity index (χ1n) is 7.05. The Morgan fingerprint density at radius 2 is 2.00 bits per heavy atom. The van der Waals surface area contributed by atoms with Crippen LogP contribution in [0, 0.1) is 0 Å². The molecule has 1 aromatic carbocycles. The standard InChI is InChI=1S/C15H18N2O5/c18-13(10-22-11-5-2-1-3-6-11)16-9-14(19)17-8-4-7-12(17)15(20)21/h1-3,5-6,12H,4,7-10H2,(H,16,18)(H,20,21)/t12-/m0/s1. The third-order valence-electron chi connectivity index (χ3n) is 3.41. The molecule has 1 fully saturated rings. The van der Waals surface area contributed by atoms with Crippen LogP contribution in [0.5, 0.6) is 5.75 Å². The van der Waals surface area contributed by atoms with E-state index in [1.807, 2.05) is 6.07 Å². The number of carbonyl (C=O) groups is 3. The summed E-state index contributed by atoms with van der Waals surface area (Å²) in [5, 5.41) is 11.5. The molecule has 7 heteroatoms. The van der Waals surface area contributed by atoms with Gasteiger partial charge in [0.05, 0.1) is 6.54 Å². The summed E-state index contributed by atoms with van der Waals surface area (Å²) >= 11 is 0. The van der Waals surface area contributed by atoms with Gasteiger partial charge in [-0.05, 0) is 25.0 Å². The Morgan fingerprint density at radius 3 is 2.68 bits per heavy atom. The number of hydrogen-bond acceptors (Lipinski definition) is 4. The van der Waals surface area contributed by atoms with E-state index in [0.717, 1.165) is 0 Å². The van der Waals surface area contributed by atoms with E-state index in [0.29, 0.717) is 25.1 Å². The third-order valence-corrected chi connectivity index (χ3v) is 3.41. The number of benzene rings is 1. The van der Waals surface area contributed by atoms with Gasteiger partial charge in [-0.2, -0.15) is 0 Å². The van der Waals surface area contributed by atoms with Crippen LogP contribution in [0.15, 0.2) is 30.3 Å². The van der Waals surface area contributed by atoms with Gasteiger partial charge in [-0.3, -0.25) is 9.59 Å². The normalized spacial score (nSPS) is 17.1. The molecule has 1 saturated heterocycles. The topological polar surface area (TPSA) is 95.9 Å². The number of aliphatic carboxylic acids is 1. The maximum atomic E-state index is 11.9. The molecular formula is C15H18N2O5. The maximum Gasteiger partial charge on any atom is 0.326 e. The van der Waals surface area contributed by atoms with E-state index in [-0.39, 0.29) is 13.2 Å². The number of carboxylic acids is 1. The number of para-hydroxylation sites is 1. The summed E-state index contributed by atoms with van der Waals surface area (Å²) in [6.07, 6.45) is 1.11. The van der Waals surface area contributed by atoms with Gasteiger partial charge in [0.2, 0.25) is 5.91 Å². The lowest BCUT2D eigenvalue weighted by Crippen LogP contribution is -2.46. The summed E-state index contributed by atoms with van der Waals surface area (Å²) in [6.45, 7) is -0.00734. The molecule has 0 spiro atoms. The van der Waals surface area contributed by atoms with Crippen molar-refractivity contribution >= 4 is 17.8 Å². The molecule has 1 aromatic rings. The zero-order valence-corrected chi connectivity index (χ0v) is 12.0. The lowest BCUT2D eigenvalue weighted by Gasteiger charge is -2.21. The van der Waals surface area contributed by atoms with E-state index < -0.39 is 23.8 Å². The first-order chi connectivity index (χ1) is 10.6. The predicted octanol–water partition coefficient (Wildman–Crippen LogP) is 0.257. The number of carboxylic acid groups (broad SMARTS) is 1. The summed E-state index contributed by atoms with van der Waals surface area (Å²) in [6, 6.07) is 8.07. The first-order valence-corrected chi connectivity index (χ1v) is 7.05. The summed E-state index contributed by atoms with van der Waals surface area (Å²) in [5.74, 6) is -1.26. The van der Waals surface area contributed by atoms with Crippen molar-refractivity contribution < 1.29 is 24.2 Å². The van der Waals surface area contributed by atoms with Crippen LogP contribution in [0.25, 0.3) is 0 Å². The van der Waals surface area contributed by atoms with Gasteiger partial charge in [0.15, 0.2) is 6.61 Å². The summed E-state index contributed by atoms with van der Waals surface area (Å²) < 4.78 is 5.25. The minimum atomic E-state index is -1.01. The van der Waals surface area contributed by atoms with E-state index in [9.17, 15) is 14.4 Å². The molecule has 0 bridgehead atoms. The van der Waals surface area contributed by atoms with Gasteiger partial charge < -0.3 is 20.1 Å². The number of rotatable bonds is 6. The number of nitrogens with zero attached hydrogens (tertiary/aromatic N) is 1. The maximum absolute atomic E-state index is 11.9. The zero-order chi connectivity index (χ0) is 15.9. The van der Waals surface area contributed by atoms with Crippen LogP contribution in [0.1, 0.15) is 12.8 Å². The highest BCUT2D eigenvalue weighted by atomic mass is 16.5. The lowest BCUT2D eigenvalue weighted by molar-refractivity contribution is -0.148. The Hall–Kier alpha value is -2.57. The second kappa shape index (κ2) is 7.44. The van der Waals surface area contributed by atoms with Crippen LogP contribution in [0.2, 0.25) is 0 Å². The van der Waals surface area contributed by atoms with Crippen LogP contribution in [0.4, 0.5) is 0 Å². The molecule has 2 amide bonds. The first kappa shape index (κ1) is 15.8. The molecule has 0 saturated carbocycles. The number of ether oxygens (including phenoxy) is 1. The number of likely N-dealkylation sites (tertiary alicyclic amines) is 1. The Balaban J connectivity index is 1.74. The van der Waals surface area contributed by atoms with Crippen molar-refractivity contribution in [1.82, 2.24) is 10.2 Å². The van der Waals surface area contributed by atoms with Gasteiger partial charge in [-0.15, -0.1) is 0 Å². The smallest absolute Gasteiger partial charge is 0.326 e. The molecule has 2 rings (SSSR count). The van der Waals surface area contributed by atoms with Crippen LogP contribution in [0.3, 0.4) is 0 Å². The highest BCUT2D eigenvalue weighted by Gasteiger charge is 2.33. The Bertz CT molecular complexity index is 546. The van der Waals surface area contributed by atoms with Crippen LogP contribution < -0.4 is 10.1 Å². The second-order valence-electron chi connectivity index (χ2n) is 4.96. The molecular weight excluding hydrogens is 288 g/mol. The van der Waals surface area contributed by atoms with Gasteiger partial charge in [0, 0.05) is 6.54 Å². The number of nitrogens with one attached hydrogen (secondary N) is 1. The molecule has 0 radical (unpaired) electrons. The minimum Gasteiger partial charge on any atom is -0.484 e. The van der Waals surface area contributed by atoms with Crippen molar-refractivity contribution in [2.75, 3.05) is 19.7 Å². The summed E-state index contributed by atoms with van der Waals surface area (Å²) in [7, 11) is 0. The number of amides is 2. The van der Waals surface area contributed by atoms with E-state index in [1.165, 1.54) is 4.90 Å². The molecule has 118 valence electrons. The Kier molecular flexibility index (Phi) is 5.35. The van der Waals surface area contributed by atoms with Crippen molar-refractivity contribution in [3.8, 4) is 5.75 Å². The quantitative estimate of drug-likeness (QED) is 0.786. The van der Waals surface area contributed by atoms with Gasteiger partial charge in [-0.1, -0.05) is 18.2 Å². The van der Waals surface area contributed by atoms with E-state index in [4.69, 9.17) is 9.84 Å². The predicted molar refractivity (Wildman–Crippen MR) is 77.3 cm³/mol. The molecule has 2 N–H and O–H groups in total. The van der Waals surface area contributed by atoms with Gasteiger partial charge in [-0.25, -0.2) is 4.79 Å². The van der Waals surface area contributed by atoms with E-state index >= 15 is 0 Å². The van der Waals surface area contributed by atoms with Crippen molar-refractivity contribution in [2.45, 2.75) is 18.9 Å². The van der Waals surface area contributed by atoms with Gasteiger partial charge in [0.25, 0.3) is 5.91 Å². The average Bonchev–Trinajstić information content (AvgIpc) is 3.01. The fraction of sp³-hybridized carbons (Fsp3) is 0.400. The molecule has 0 unspecified atom stereocenters. The lowest BCUT2D eigenvalue weighted by atomic mass is 10.2. The fourth-order valence-corrected chi connectivity index (χ4v) is 2.31. The monoisotopic (exact) mass is 306 g/mol. The second-order valence-corrected chi connectivity index (χ2v) is 4.96. The minimum absolute atomic E-state index is 0.195. The van der Waals surface area contributed by atoms with Crippen molar-refractivity contribution in [1.29, 1.82) is 0 Å². The molecule has 1 atom stereocenters. The molecule has 1 aliphatic heterocycles. The Labute approximate surface area is 127 Å².